The predicted molar refractivity (Wildman–Crippen MR) is 190 cm³/mol. The Hall–Kier alpha value is -5.06. The number of ether oxygens (including phenoxy) is 1. The van der Waals surface area contributed by atoms with E-state index in [0.717, 1.165) is 11.3 Å². The lowest BCUT2D eigenvalue weighted by Crippen LogP contribution is -2.50. The van der Waals surface area contributed by atoms with Crippen molar-refractivity contribution in [2.24, 2.45) is 0 Å². The van der Waals surface area contributed by atoms with Crippen molar-refractivity contribution in [3.05, 3.63) is 84.5 Å². The number of hydrogen-bond donors (Lipinski definition) is 3. The number of aromatic nitrogens is 2. The Morgan fingerprint density at radius 2 is 1.37 bits per heavy atom. The first-order valence-electron chi connectivity index (χ1n) is 16.6. The highest BCUT2D eigenvalue weighted by molar-refractivity contribution is 7.16. The molecule has 1 saturated heterocycles. The third-order valence-electron chi connectivity index (χ3n) is 8.71. The van der Waals surface area contributed by atoms with Gasteiger partial charge < -0.3 is 30.5 Å². The zero-order valence-electron chi connectivity index (χ0n) is 28.4. The Bertz CT molecular complexity index is 1960. The Labute approximate surface area is 302 Å². The number of amides is 2. The summed E-state index contributed by atoms with van der Waals surface area (Å²) in [7, 11) is 1.56. The van der Waals surface area contributed by atoms with Crippen LogP contribution < -0.4 is 20.7 Å². The molecule has 1 atom stereocenters. The van der Waals surface area contributed by atoms with Gasteiger partial charge in [0.05, 0.1) is 23.5 Å². The quantitative estimate of drug-likeness (QED) is 0.219. The number of nitrogens with one attached hydrogen (secondary N) is 3. The lowest BCUT2D eigenvalue weighted by molar-refractivity contribution is 0.0535. The van der Waals surface area contributed by atoms with Crippen LogP contribution in [-0.2, 0) is 0 Å². The number of allylic oxidation sites excluding steroid dienone is 4. The summed E-state index contributed by atoms with van der Waals surface area (Å²) in [4.78, 5) is 89.6. The van der Waals surface area contributed by atoms with Gasteiger partial charge >= 0.3 is 0 Å². The van der Waals surface area contributed by atoms with E-state index in [-0.39, 0.29) is 67.9 Å². The van der Waals surface area contributed by atoms with Gasteiger partial charge in [-0.15, -0.1) is 22.7 Å². The van der Waals surface area contributed by atoms with Crippen molar-refractivity contribution in [1.82, 2.24) is 35.7 Å². The number of carbonyl (C=O) groups excluding carboxylic acids is 6. The number of rotatable bonds is 13. The zero-order valence-corrected chi connectivity index (χ0v) is 30.0. The highest BCUT2D eigenvalue weighted by Gasteiger charge is 2.34. The van der Waals surface area contributed by atoms with Crippen molar-refractivity contribution < 1.29 is 33.5 Å². The van der Waals surface area contributed by atoms with Crippen LogP contribution in [0.2, 0.25) is 0 Å². The summed E-state index contributed by atoms with van der Waals surface area (Å²) in [6.07, 6.45) is 3.94. The van der Waals surface area contributed by atoms with Gasteiger partial charge in [-0.1, -0.05) is 0 Å². The Morgan fingerprint density at radius 1 is 0.804 bits per heavy atom. The SMILES string of the molecule is COc1ccc(C(=O)N2CCN(C(=O)c3nc4c(s3)C(=O)C=C(NCCCNC(C)CCNC3=CC(=O)c5sc(C)nc5C3=O)C4=O)CC2)cc1. The van der Waals surface area contributed by atoms with Crippen LogP contribution >= 0.6 is 22.7 Å². The standard InChI is InChI=1S/C35H37N7O7S2/c1-19(9-12-38-24-18-25(43)31-27(29(24)45)39-20(2)50-31)36-10-4-11-37-23-17-26(44)32-28(30(23)46)40-33(51-32)35(48)42-15-13-41(14-16-42)34(47)21-5-7-22(49-3)8-6-21/h5-8,17-19,36-38H,4,9-16H2,1-3H3. The molecule has 6 rings (SSSR count). The number of aryl methyl sites for hydroxylation is 1. The minimum absolute atomic E-state index is 0.0275. The van der Waals surface area contributed by atoms with Crippen molar-refractivity contribution in [2.45, 2.75) is 32.7 Å². The summed E-state index contributed by atoms with van der Waals surface area (Å²) >= 11 is 2.14. The van der Waals surface area contributed by atoms with Crippen LogP contribution in [-0.4, -0.2) is 114 Å². The first-order chi connectivity index (χ1) is 24.5. The molecule has 14 nitrogen and oxygen atoms in total. The minimum Gasteiger partial charge on any atom is -0.497 e. The molecule has 1 aliphatic heterocycles. The van der Waals surface area contributed by atoms with E-state index in [1.807, 2.05) is 6.92 Å². The molecule has 3 heterocycles. The molecule has 3 aliphatic rings. The number of benzene rings is 1. The van der Waals surface area contributed by atoms with Gasteiger partial charge in [0.25, 0.3) is 11.8 Å². The van der Waals surface area contributed by atoms with Gasteiger partial charge in [0.2, 0.25) is 11.6 Å². The number of hydrogen-bond acceptors (Lipinski definition) is 14. The maximum atomic E-state index is 13.3. The molecule has 1 unspecified atom stereocenters. The van der Waals surface area contributed by atoms with Crippen LogP contribution in [0.15, 0.2) is 47.8 Å². The van der Waals surface area contributed by atoms with Gasteiger partial charge in [0.1, 0.15) is 26.9 Å². The van der Waals surface area contributed by atoms with Gasteiger partial charge in [-0.3, -0.25) is 28.8 Å². The molecular weight excluding hydrogens is 695 g/mol. The number of fused-ring (bicyclic) bond motifs is 2. The zero-order chi connectivity index (χ0) is 36.2. The number of carbonyl (C=O) groups is 6. The Balaban J connectivity index is 0.917. The molecule has 0 bridgehead atoms. The number of ketones is 4. The number of methoxy groups -OCH3 is 1. The fourth-order valence-electron chi connectivity index (χ4n) is 5.87. The second-order valence-corrected chi connectivity index (χ2v) is 14.5. The molecule has 1 aromatic carbocycles. The molecule has 2 aromatic heterocycles. The second-order valence-electron chi connectivity index (χ2n) is 12.3. The molecule has 3 aromatic rings. The molecule has 16 heteroatoms. The molecule has 2 aliphatic carbocycles. The Kier molecular flexibility index (Phi) is 10.8. The van der Waals surface area contributed by atoms with Crippen molar-refractivity contribution in [3.8, 4) is 5.75 Å². The minimum atomic E-state index is -0.438. The highest BCUT2D eigenvalue weighted by atomic mass is 32.1. The first kappa shape index (κ1) is 35.8. The largest absolute Gasteiger partial charge is 0.497 e. The maximum Gasteiger partial charge on any atom is 0.282 e. The van der Waals surface area contributed by atoms with E-state index in [4.69, 9.17) is 4.74 Å². The lowest BCUT2D eigenvalue weighted by Gasteiger charge is -2.34. The maximum absolute atomic E-state index is 13.3. The van der Waals surface area contributed by atoms with E-state index in [1.165, 1.54) is 23.5 Å². The van der Waals surface area contributed by atoms with Crippen LogP contribution in [0.1, 0.15) is 85.3 Å². The predicted octanol–water partition coefficient (Wildman–Crippen LogP) is 2.68. The Morgan fingerprint density at radius 3 is 2.00 bits per heavy atom. The molecule has 1 fully saturated rings. The number of nitrogens with zero attached hydrogens (tertiary/aromatic N) is 4. The van der Waals surface area contributed by atoms with Crippen LogP contribution in [0.5, 0.6) is 5.75 Å². The molecule has 3 N–H and O–H groups in total. The summed E-state index contributed by atoms with van der Waals surface area (Å²) in [6.45, 7) is 6.60. The lowest BCUT2D eigenvalue weighted by atomic mass is 10.0. The van der Waals surface area contributed by atoms with Gasteiger partial charge in [-0.25, -0.2) is 9.97 Å². The first-order valence-corrected chi connectivity index (χ1v) is 18.2. The van der Waals surface area contributed by atoms with Crippen molar-refractivity contribution >= 4 is 57.6 Å². The van der Waals surface area contributed by atoms with E-state index >= 15 is 0 Å². The van der Waals surface area contributed by atoms with Gasteiger partial charge in [0.15, 0.2) is 16.6 Å². The molecule has 51 heavy (non-hydrogen) atoms. The number of thiazole rings is 2. The van der Waals surface area contributed by atoms with Gasteiger partial charge in [-0.05, 0) is 57.5 Å². The summed E-state index contributed by atoms with van der Waals surface area (Å²) < 4.78 is 5.15. The van der Waals surface area contributed by atoms with E-state index in [1.54, 1.807) is 48.1 Å². The van der Waals surface area contributed by atoms with E-state index in [9.17, 15) is 28.8 Å². The van der Waals surface area contributed by atoms with E-state index in [0.29, 0.717) is 79.9 Å². The summed E-state index contributed by atoms with van der Waals surface area (Å²) in [6, 6.07) is 6.96. The summed E-state index contributed by atoms with van der Waals surface area (Å²) in [5.74, 6) is -1.16. The smallest absolute Gasteiger partial charge is 0.282 e. The molecule has 0 saturated carbocycles. The van der Waals surface area contributed by atoms with Crippen molar-refractivity contribution in [1.29, 1.82) is 0 Å². The average Bonchev–Trinajstić information content (AvgIpc) is 3.77. The number of piperazine rings is 1. The van der Waals surface area contributed by atoms with Gasteiger partial charge in [-0.2, -0.15) is 0 Å². The molecule has 2 amide bonds. The fraction of sp³-hybridized carbons (Fsp3) is 0.371. The van der Waals surface area contributed by atoms with E-state index < -0.39 is 5.78 Å². The topological polar surface area (TPSA) is 180 Å². The fourth-order valence-corrected chi connectivity index (χ4v) is 7.64. The monoisotopic (exact) mass is 731 g/mol. The van der Waals surface area contributed by atoms with Crippen molar-refractivity contribution in [3.63, 3.8) is 0 Å². The summed E-state index contributed by atoms with van der Waals surface area (Å²) in [5.41, 5.74) is 1.11. The van der Waals surface area contributed by atoms with E-state index in [2.05, 4.69) is 25.9 Å². The third-order valence-corrected chi connectivity index (χ3v) is 10.8. The average molecular weight is 732 g/mol. The molecular formula is C35H37N7O7S2. The highest BCUT2D eigenvalue weighted by Crippen LogP contribution is 2.28. The van der Waals surface area contributed by atoms with Crippen LogP contribution in [0.3, 0.4) is 0 Å². The van der Waals surface area contributed by atoms with Crippen LogP contribution in [0, 0.1) is 6.92 Å². The third kappa shape index (κ3) is 7.82. The second kappa shape index (κ2) is 15.4. The van der Waals surface area contributed by atoms with Crippen molar-refractivity contribution in [2.75, 3.05) is 52.9 Å². The molecule has 0 spiro atoms. The number of Topliss-reactive ketones (excluding diaryl/α,β-unsaturated/α-hetero) is 2. The molecule has 266 valence electrons. The van der Waals surface area contributed by atoms with Crippen LogP contribution in [0.25, 0.3) is 0 Å². The van der Waals surface area contributed by atoms with Crippen LogP contribution in [0.4, 0.5) is 0 Å². The normalized spacial score (nSPS) is 16.3. The summed E-state index contributed by atoms with van der Waals surface area (Å²) in [5, 5.41) is 10.2. The van der Waals surface area contributed by atoms with Gasteiger partial charge in [0, 0.05) is 63.0 Å². The molecule has 0 radical (unpaired) electrons.